The van der Waals surface area contributed by atoms with Gasteiger partial charge in [0.2, 0.25) is 5.91 Å². The Bertz CT molecular complexity index is 385. The Morgan fingerprint density at radius 1 is 1.63 bits per heavy atom. The second-order valence-corrected chi connectivity index (χ2v) is 6.26. The van der Waals surface area contributed by atoms with Gasteiger partial charge in [-0.2, -0.15) is 0 Å². The van der Waals surface area contributed by atoms with Gasteiger partial charge in [-0.15, -0.1) is 11.3 Å². The van der Waals surface area contributed by atoms with E-state index in [4.69, 9.17) is 0 Å². The van der Waals surface area contributed by atoms with Crippen molar-refractivity contribution in [3.8, 4) is 0 Å². The Balaban J connectivity index is 1.86. The highest BCUT2D eigenvalue weighted by atomic mass is 32.1. The van der Waals surface area contributed by atoms with Crippen molar-refractivity contribution in [3.05, 3.63) is 22.4 Å². The largest absolute Gasteiger partial charge is 0.354 e. The molecule has 1 aromatic rings. The molecule has 5 heteroatoms. The third kappa shape index (κ3) is 4.03. The van der Waals surface area contributed by atoms with Gasteiger partial charge in [-0.05, 0) is 44.9 Å². The van der Waals surface area contributed by atoms with E-state index in [1.165, 1.54) is 4.88 Å². The van der Waals surface area contributed by atoms with Crippen LogP contribution in [0.15, 0.2) is 17.5 Å². The molecule has 0 spiro atoms. The van der Waals surface area contributed by atoms with Crippen LogP contribution in [0.3, 0.4) is 0 Å². The summed E-state index contributed by atoms with van der Waals surface area (Å²) >= 11 is 1.74. The first-order chi connectivity index (χ1) is 9.18. The van der Waals surface area contributed by atoms with Crippen LogP contribution in [0.4, 0.5) is 0 Å². The predicted molar refractivity (Wildman–Crippen MR) is 79.4 cm³/mol. The second-order valence-electron chi connectivity index (χ2n) is 5.28. The summed E-state index contributed by atoms with van der Waals surface area (Å²) in [5.41, 5.74) is 0. The van der Waals surface area contributed by atoms with Crippen molar-refractivity contribution >= 4 is 17.2 Å². The smallest absolute Gasteiger partial charge is 0.224 e. The lowest BCUT2D eigenvalue weighted by Crippen LogP contribution is -2.43. The van der Waals surface area contributed by atoms with Crippen LogP contribution >= 0.6 is 11.3 Å². The molecule has 1 saturated heterocycles. The molecule has 1 aliphatic rings. The summed E-state index contributed by atoms with van der Waals surface area (Å²) in [5.74, 6) is 0.329. The van der Waals surface area contributed by atoms with Gasteiger partial charge in [-0.3, -0.25) is 4.79 Å². The van der Waals surface area contributed by atoms with Crippen LogP contribution in [-0.4, -0.2) is 44.5 Å². The van der Waals surface area contributed by atoms with Gasteiger partial charge in [-0.1, -0.05) is 6.07 Å². The Morgan fingerprint density at radius 2 is 2.47 bits per heavy atom. The van der Waals surface area contributed by atoms with E-state index in [-0.39, 0.29) is 17.9 Å². The highest BCUT2D eigenvalue weighted by molar-refractivity contribution is 7.10. The van der Waals surface area contributed by atoms with E-state index in [0.717, 1.165) is 25.9 Å². The minimum atomic E-state index is 0.139. The van der Waals surface area contributed by atoms with E-state index >= 15 is 0 Å². The number of amides is 1. The first-order valence-corrected chi connectivity index (χ1v) is 7.74. The fourth-order valence-electron chi connectivity index (χ4n) is 2.44. The molecular formula is C14H23N3OS. The fraction of sp³-hybridized carbons (Fsp3) is 0.643. The van der Waals surface area contributed by atoms with E-state index in [2.05, 4.69) is 47.1 Å². The molecular weight excluding hydrogens is 258 g/mol. The number of likely N-dealkylation sites (N-methyl/N-ethyl adjacent to an activating group) is 1. The molecule has 2 heterocycles. The molecule has 0 radical (unpaired) electrons. The Labute approximate surface area is 119 Å². The number of hydrogen-bond donors (Lipinski definition) is 2. The number of nitrogens with one attached hydrogen (secondary N) is 2. The number of nitrogens with zero attached hydrogens (tertiary/aromatic N) is 1. The zero-order valence-electron chi connectivity index (χ0n) is 11.7. The minimum Gasteiger partial charge on any atom is -0.354 e. The highest BCUT2D eigenvalue weighted by Gasteiger charge is 2.22. The van der Waals surface area contributed by atoms with Gasteiger partial charge in [0.15, 0.2) is 0 Å². The summed E-state index contributed by atoms with van der Waals surface area (Å²) in [4.78, 5) is 15.6. The lowest BCUT2D eigenvalue weighted by atomic mass is 9.99. The molecule has 19 heavy (non-hydrogen) atoms. The molecule has 0 aromatic carbocycles. The average molecular weight is 281 g/mol. The molecule has 2 atom stereocenters. The lowest BCUT2D eigenvalue weighted by molar-refractivity contribution is -0.125. The van der Waals surface area contributed by atoms with Gasteiger partial charge in [0, 0.05) is 18.0 Å². The van der Waals surface area contributed by atoms with E-state index < -0.39 is 0 Å². The summed E-state index contributed by atoms with van der Waals surface area (Å²) in [5, 5.41) is 8.47. The highest BCUT2D eigenvalue weighted by Crippen LogP contribution is 2.22. The number of rotatable bonds is 5. The summed E-state index contributed by atoms with van der Waals surface area (Å²) < 4.78 is 0. The van der Waals surface area contributed by atoms with Gasteiger partial charge in [0.25, 0.3) is 0 Å². The molecule has 2 rings (SSSR count). The van der Waals surface area contributed by atoms with Crippen LogP contribution in [0.5, 0.6) is 0 Å². The van der Waals surface area contributed by atoms with Crippen LogP contribution in [-0.2, 0) is 4.79 Å². The molecule has 2 N–H and O–H groups in total. The maximum Gasteiger partial charge on any atom is 0.224 e. The number of carbonyl (C=O) groups is 1. The van der Waals surface area contributed by atoms with Gasteiger partial charge in [0.05, 0.1) is 12.0 Å². The summed E-state index contributed by atoms with van der Waals surface area (Å²) in [6.45, 7) is 2.54. The standard InChI is InChI=1S/C14H23N3OS/c1-17(2)12(13-6-4-8-19-13)10-16-14(18)11-5-3-7-15-9-11/h4,6,8,11-12,15H,3,5,7,9-10H2,1-2H3,(H,16,18). The molecule has 2 unspecified atom stereocenters. The van der Waals surface area contributed by atoms with Crippen molar-refractivity contribution in [2.24, 2.45) is 5.92 Å². The van der Waals surface area contributed by atoms with Crippen molar-refractivity contribution in [1.29, 1.82) is 0 Å². The summed E-state index contributed by atoms with van der Waals surface area (Å²) in [6, 6.07) is 4.45. The van der Waals surface area contributed by atoms with Gasteiger partial charge in [-0.25, -0.2) is 0 Å². The van der Waals surface area contributed by atoms with Crippen molar-refractivity contribution < 1.29 is 4.79 Å². The van der Waals surface area contributed by atoms with Crippen molar-refractivity contribution in [2.45, 2.75) is 18.9 Å². The van der Waals surface area contributed by atoms with Crippen LogP contribution in [0.25, 0.3) is 0 Å². The maximum absolute atomic E-state index is 12.1. The Hall–Kier alpha value is -0.910. The van der Waals surface area contributed by atoms with E-state index in [0.29, 0.717) is 6.54 Å². The number of hydrogen-bond acceptors (Lipinski definition) is 4. The van der Waals surface area contributed by atoms with E-state index in [9.17, 15) is 4.79 Å². The Kier molecular flexibility index (Phi) is 5.36. The zero-order chi connectivity index (χ0) is 13.7. The Morgan fingerprint density at radius 3 is 3.05 bits per heavy atom. The third-order valence-corrected chi connectivity index (χ3v) is 4.61. The van der Waals surface area contributed by atoms with Crippen LogP contribution in [0.1, 0.15) is 23.8 Å². The monoisotopic (exact) mass is 281 g/mol. The molecule has 106 valence electrons. The normalized spacial score (nSPS) is 21.3. The third-order valence-electron chi connectivity index (χ3n) is 3.63. The van der Waals surface area contributed by atoms with E-state index in [1.807, 2.05) is 0 Å². The van der Waals surface area contributed by atoms with Crippen molar-refractivity contribution in [3.63, 3.8) is 0 Å². The minimum absolute atomic E-state index is 0.139. The topological polar surface area (TPSA) is 44.4 Å². The summed E-state index contributed by atoms with van der Waals surface area (Å²) in [7, 11) is 4.11. The second kappa shape index (κ2) is 7.03. The zero-order valence-corrected chi connectivity index (χ0v) is 12.5. The maximum atomic E-state index is 12.1. The number of carbonyl (C=O) groups excluding carboxylic acids is 1. The summed E-state index contributed by atoms with van der Waals surface area (Å²) in [6.07, 6.45) is 2.10. The molecule has 1 amide bonds. The molecule has 4 nitrogen and oxygen atoms in total. The van der Waals surface area contributed by atoms with Gasteiger partial charge < -0.3 is 15.5 Å². The molecule has 1 aliphatic heterocycles. The number of thiophene rings is 1. The molecule has 1 aromatic heterocycles. The number of piperidine rings is 1. The molecule has 0 aliphatic carbocycles. The van der Waals surface area contributed by atoms with Crippen LogP contribution in [0, 0.1) is 5.92 Å². The van der Waals surface area contributed by atoms with Crippen LogP contribution in [0.2, 0.25) is 0 Å². The van der Waals surface area contributed by atoms with Gasteiger partial charge >= 0.3 is 0 Å². The molecule has 0 bridgehead atoms. The first kappa shape index (κ1) is 14.5. The molecule has 0 saturated carbocycles. The SMILES string of the molecule is CN(C)C(CNC(=O)C1CCCNC1)c1cccs1. The predicted octanol–water partition coefficient (Wildman–Crippen LogP) is 1.47. The van der Waals surface area contributed by atoms with Gasteiger partial charge in [0.1, 0.15) is 0 Å². The van der Waals surface area contributed by atoms with Crippen LogP contribution < -0.4 is 10.6 Å². The first-order valence-electron chi connectivity index (χ1n) is 6.86. The molecule has 1 fully saturated rings. The van der Waals surface area contributed by atoms with E-state index in [1.54, 1.807) is 11.3 Å². The quantitative estimate of drug-likeness (QED) is 0.859. The fourth-order valence-corrected chi connectivity index (χ4v) is 3.36. The van der Waals surface area contributed by atoms with Crippen molar-refractivity contribution in [1.82, 2.24) is 15.5 Å². The average Bonchev–Trinajstić information content (AvgIpc) is 2.93. The van der Waals surface area contributed by atoms with Crippen molar-refractivity contribution in [2.75, 3.05) is 33.7 Å². The lowest BCUT2D eigenvalue weighted by Gasteiger charge is -2.26.